The number of benzene rings is 2. The predicted octanol–water partition coefficient (Wildman–Crippen LogP) is 3.51. The number of hydrogen-bond donors (Lipinski definition) is 3. The molecule has 1 aliphatic rings. The zero-order valence-corrected chi connectivity index (χ0v) is 15.8. The van der Waals surface area contributed by atoms with Gasteiger partial charge >= 0.3 is 0 Å². The molecule has 0 spiro atoms. The van der Waals surface area contributed by atoms with Gasteiger partial charge in [0.05, 0.1) is 6.42 Å². The highest BCUT2D eigenvalue weighted by atomic mass is 16.2. The second kappa shape index (κ2) is 9.21. The normalized spacial score (nSPS) is 13.8. The summed E-state index contributed by atoms with van der Waals surface area (Å²) >= 11 is 0. The minimum absolute atomic E-state index is 0.137. The fraction of sp³-hybridized carbons (Fsp3) is 0.364. The molecule has 1 aliphatic heterocycles. The third kappa shape index (κ3) is 5.33. The Morgan fingerprint density at radius 3 is 2.74 bits per heavy atom. The van der Waals surface area contributed by atoms with Crippen molar-refractivity contribution in [2.75, 3.05) is 17.2 Å². The van der Waals surface area contributed by atoms with E-state index in [-0.39, 0.29) is 18.2 Å². The maximum Gasteiger partial charge on any atom is 0.246 e. The SMILES string of the molecule is CCCC(NC(=O)Cc1ccccc1)C(=O)Nc1ccc2c(c1)NCCC2. The van der Waals surface area contributed by atoms with Crippen LogP contribution < -0.4 is 16.0 Å². The van der Waals surface area contributed by atoms with Gasteiger partial charge in [-0.1, -0.05) is 49.7 Å². The number of fused-ring (bicyclic) bond motifs is 1. The molecular weight excluding hydrogens is 338 g/mol. The molecule has 0 radical (unpaired) electrons. The standard InChI is InChI=1S/C22H27N3O2/c1-2-7-19(25-21(26)14-16-8-4-3-5-9-16)22(27)24-18-12-11-17-10-6-13-23-20(17)15-18/h3-5,8-9,11-12,15,19,23H,2,6-7,10,13-14H2,1H3,(H,24,27)(H,25,26). The van der Waals surface area contributed by atoms with Gasteiger partial charge in [-0.2, -0.15) is 0 Å². The minimum atomic E-state index is -0.532. The number of nitrogens with one attached hydrogen (secondary N) is 3. The van der Waals surface area contributed by atoms with E-state index in [1.807, 2.05) is 49.4 Å². The summed E-state index contributed by atoms with van der Waals surface area (Å²) in [5, 5.41) is 9.20. The smallest absolute Gasteiger partial charge is 0.246 e. The summed E-state index contributed by atoms with van der Waals surface area (Å²) in [6.07, 6.45) is 3.89. The van der Waals surface area contributed by atoms with Crippen LogP contribution in [0.5, 0.6) is 0 Å². The molecule has 0 bridgehead atoms. The van der Waals surface area contributed by atoms with Crippen molar-refractivity contribution < 1.29 is 9.59 Å². The van der Waals surface area contributed by atoms with Gasteiger partial charge < -0.3 is 16.0 Å². The van der Waals surface area contributed by atoms with Gasteiger partial charge in [0.15, 0.2) is 0 Å². The summed E-state index contributed by atoms with van der Waals surface area (Å²) in [6.45, 7) is 2.96. The van der Waals surface area contributed by atoms with E-state index in [1.165, 1.54) is 5.56 Å². The number of rotatable bonds is 7. The summed E-state index contributed by atoms with van der Waals surface area (Å²) in [7, 11) is 0. The van der Waals surface area contributed by atoms with Crippen LogP contribution in [0.2, 0.25) is 0 Å². The van der Waals surface area contributed by atoms with Crippen molar-refractivity contribution in [2.24, 2.45) is 0 Å². The van der Waals surface area contributed by atoms with Crippen LogP contribution >= 0.6 is 0 Å². The summed E-state index contributed by atoms with van der Waals surface area (Å²) in [5.74, 6) is -0.309. The first-order chi connectivity index (χ1) is 13.2. The quantitative estimate of drug-likeness (QED) is 0.703. The van der Waals surface area contributed by atoms with E-state index in [1.54, 1.807) is 0 Å². The van der Waals surface area contributed by atoms with E-state index in [0.29, 0.717) is 6.42 Å². The number of hydrogen-bond acceptors (Lipinski definition) is 3. The summed E-state index contributed by atoms with van der Waals surface area (Å²) in [4.78, 5) is 25.1. The molecular formula is C22H27N3O2. The first kappa shape index (κ1) is 19.0. The molecule has 0 aliphatic carbocycles. The van der Waals surface area contributed by atoms with Crippen LogP contribution in [0, 0.1) is 0 Å². The van der Waals surface area contributed by atoms with E-state index in [9.17, 15) is 9.59 Å². The molecule has 2 aromatic carbocycles. The second-order valence-corrected chi connectivity index (χ2v) is 6.96. The van der Waals surface area contributed by atoms with Gasteiger partial charge in [-0.15, -0.1) is 0 Å². The Morgan fingerprint density at radius 2 is 1.96 bits per heavy atom. The largest absolute Gasteiger partial charge is 0.385 e. The van der Waals surface area contributed by atoms with Crippen molar-refractivity contribution in [3.63, 3.8) is 0 Å². The van der Waals surface area contributed by atoms with Gasteiger partial charge in [-0.05, 0) is 42.5 Å². The van der Waals surface area contributed by atoms with Gasteiger partial charge in [0.2, 0.25) is 11.8 Å². The van der Waals surface area contributed by atoms with E-state index >= 15 is 0 Å². The highest BCUT2D eigenvalue weighted by molar-refractivity contribution is 5.97. The second-order valence-electron chi connectivity index (χ2n) is 6.96. The van der Waals surface area contributed by atoms with Gasteiger partial charge in [-0.3, -0.25) is 9.59 Å². The molecule has 2 aromatic rings. The molecule has 3 rings (SSSR count). The zero-order chi connectivity index (χ0) is 19.1. The van der Waals surface area contributed by atoms with E-state index in [0.717, 1.165) is 42.7 Å². The molecule has 5 nitrogen and oxygen atoms in total. The number of amides is 2. The predicted molar refractivity (Wildman–Crippen MR) is 109 cm³/mol. The van der Waals surface area contributed by atoms with Crippen LogP contribution in [0.15, 0.2) is 48.5 Å². The van der Waals surface area contributed by atoms with Crippen molar-refractivity contribution >= 4 is 23.2 Å². The molecule has 2 amide bonds. The Labute approximate surface area is 160 Å². The summed E-state index contributed by atoms with van der Waals surface area (Å²) < 4.78 is 0. The maximum atomic E-state index is 12.7. The van der Waals surface area contributed by atoms with E-state index < -0.39 is 6.04 Å². The molecule has 142 valence electrons. The van der Waals surface area contributed by atoms with Gasteiger partial charge in [0, 0.05) is 17.9 Å². The molecule has 0 aromatic heterocycles. The Hall–Kier alpha value is -2.82. The first-order valence-electron chi connectivity index (χ1n) is 9.66. The summed E-state index contributed by atoms with van der Waals surface area (Å²) in [6, 6.07) is 15.0. The Bertz CT molecular complexity index is 789. The molecule has 0 saturated carbocycles. The molecule has 1 heterocycles. The average molecular weight is 365 g/mol. The lowest BCUT2D eigenvalue weighted by atomic mass is 10.0. The number of aryl methyl sites for hydroxylation is 1. The molecule has 0 fully saturated rings. The lowest BCUT2D eigenvalue weighted by molar-refractivity contribution is -0.126. The third-order valence-corrected chi connectivity index (χ3v) is 4.75. The van der Waals surface area contributed by atoms with E-state index in [2.05, 4.69) is 22.0 Å². The Kier molecular flexibility index (Phi) is 6.47. The van der Waals surface area contributed by atoms with Gasteiger partial charge in [0.1, 0.15) is 6.04 Å². The first-order valence-corrected chi connectivity index (χ1v) is 9.66. The van der Waals surface area contributed by atoms with Crippen LogP contribution in [-0.2, 0) is 22.4 Å². The van der Waals surface area contributed by atoms with Gasteiger partial charge in [0.25, 0.3) is 0 Å². The summed E-state index contributed by atoms with van der Waals surface area (Å²) in [5.41, 5.74) is 4.05. The molecule has 1 atom stereocenters. The van der Waals surface area contributed by atoms with Crippen LogP contribution in [0.3, 0.4) is 0 Å². The third-order valence-electron chi connectivity index (χ3n) is 4.75. The van der Waals surface area contributed by atoms with Crippen molar-refractivity contribution in [1.29, 1.82) is 0 Å². The highest BCUT2D eigenvalue weighted by Gasteiger charge is 2.20. The molecule has 0 saturated heterocycles. The van der Waals surface area contributed by atoms with Crippen LogP contribution in [0.25, 0.3) is 0 Å². The zero-order valence-electron chi connectivity index (χ0n) is 15.8. The lowest BCUT2D eigenvalue weighted by Crippen LogP contribution is -2.44. The lowest BCUT2D eigenvalue weighted by Gasteiger charge is -2.21. The molecule has 1 unspecified atom stereocenters. The maximum absolute atomic E-state index is 12.7. The van der Waals surface area contributed by atoms with Crippen molar-refractivity contribution in [2.45, 2.75) is 45.1 Å². The van der Waals surface area contributed by atoms with Crippen LogP contribution in [0.4, 0.5) is 11.4 Å². The number of carbonyl (C=O) groups excluding carboxylic acids is 2. The van der Waals surface area contributed by atoms with Crippen molar-refractivity contribution in [1.82, 2.24) is 5.32 Å². The molecule has 5 heteroatoms. The molecule has 27 heavy (non-hydrogen) atoms. The van der Waals surface area contributed by atoms with Gasteiger partial charge in [-0.25, -0.2) is 0 Å². The monoisotopic (exact) mass is 365 g/mol. The van der Waals surface area contributed by atoms with Crippen molar-refractivity contribution in [3.8, 4) is 0 Å². The van der Waals surface area contributed by atoms with Crippen molar-refractivity contribution in [3.05, 3.63) is 59.7 Å². The number of carbonyl (C=O) groups is 2. The fourth-order valence-corrected chi connectivity index (χ4v) is 3.35. The van der Waals surface area contributed by atoms with Crippen LogP contribution in [0.1, 0.15) is 37.3 Å². The van der Waals surface area contributed by atoms with Crippen LogP contribution in [-0.4, -0.2) is 24.4 Å². The minimum Gasteiger partial charge on any atom is -0.385 e. The van der Waals surface area contributed by atoms with E-state index in [4.69, 9.17) is 0 Å². The molecule has 3 N–H and O–H groups in total. The Morgan fingerprint density at radius 1 is 1.15 bits per heavy atom. The Balaban J connectivity index is 1.61. The number of anilines is 2. The average Bonchev–Trinajstić information content (AvgIpc) is 2.68. The topological polar surface area (TPSA) is 70.2 Å². The fourth-order valence-electron chi connectivity index (χ4n) is 3.35. The highest BCUT2D eigenvalue weighted by Crippen LogP contribution is 2.25.